The van der Waals surface area contributed by atoms with E-state index in [-0.39, 0.29) is 5.78 Å². The molecule has 3 heteroatoms. The molecule has 2 nitrogen and oxygen atoms in total. The van der Waals surface area contributed by atoms with Crippen LogP contribution in [0, 0.1) is 0 Å². The Kier molecular flexibility index (Phi) is 3.89. The van der Waals surface area contributed by atoms with E-state index in [1.54, 1.807) is 13.2 Å². The molecule has 1 rings (SSSR count). The summed E-state index contributed by atoms with van der Waals surface area (Å²) in [6, 6.07) is 5.64. The van der Waals surface area contributed by atoms with E-state index >= 15 is 0 Å². The molecule has 0 saturated heterocycles. The zero-order valence-electron chi connectivity index (χ0n) is 8.08. The third-order valence-electron chi connectivity index (χ3n) is 1.69. The van der Waals surface area contributed by atoms with Crippen molar-refractivity contribution in [2.45, 2.75) is 6.92 Å². The highest BCUT2D eigenvalue weighted by molar-refractivity contribution is 9.10. The highest BCUT2D eigenvalue weighted by Crippen LogP contribution is 2.25. The van der Waals surface area contributed by atoms with Crippen molar-refractivity contribution in [1.29, 1.82) is 0 Å². The molecule has 0 fully saturated rings. The summed E-state index contributed by atoms with van der Waals surface area (Å²) in [4.78, 5) is 10.7. The second kappa shape index (κ2) is 4.96. The van der Waals surface area contributed by atoms with Gasteiger partial charge >= 0.3 is 0 Å². The van der Waals surface area contributed by atoms with Crippen LogP contribution in [-0.2, 0) is 4.79 Å². The van der Waals surface area contributed by atoms with E-state index in [0.717, 1.165) is 15.8 Å². The van der Waals surface area contributed by atoms with Gasteiger partial charge in [0, 0.05) is 0 Å². The van der Waals surface area contributed by atoms with E-state index in [4.69, 9.17) is 4.74 Å². The maximum Gasteiger partial charge on any atom is 0.152 e. The van der Waals surface area contributed by atoms with Crippen molar-refractivity contribution in [3.63, 3.8) is 0 Å². The third-order valence-corrected chi connectivity index (χ3v) is 2.31. The fourth-order valence-electron chi connectivity index (χ4n) is 1.000. The fourth-order valence-corrected chi connectivity index (χ4v) is 1.56. The summed E-state index contributed by atoms with van der Waals surface area (Å²) in [5, 5.41) is 0. The summed E-state index contributed by atoms with van der Waals surface area (Å²) in [6.07, 6.45) is 3.31. The minimum Gasteiger partial charge on any atom is -0.496 e. The lowest BCUT2D eigenvalue weighted by Crippen LogP contribution is -1.85. The lowest BCUT2D eigenvalue weighted by atomic mass is 10.2. The van der Waals surface area contributed by atoms with Gasteiger partial charge in [-0.05, 0) is 46.6 Å². The van der Waals surface area contributed by atoms with Gasteiger partial charge in [-0.1, -0.05) is 12.1 Å². The summed E-state index contributed by atoms with van der Waals surface area (Å²) in [6.45, 7) is 1.52. The van der Waals surface area contributed by atoms with Crippen LogP contribution in [0.4, 0.5) is 0 Å². The molecule has 0 saturated carbocycles. The Bertz CT molecular complexity index is 370. The number of rotatable bonds is 3. The largest absolute Gasteiger partial charge is 0.496 e. The average molecular weight is 255 g/mol. The van der Waals surface area contributed by atoms with Crippen molar-refractivity contribution in [1.82, 2.24) is 0 Å². The van der Waals surface area contributed by atoms with Gasteiger partial charge < -0.3 is 4.74 Å². The van der Waals surface area contributed by atoms with Gasteiger partial charge in [0.15, 0.2) is 5.78 Å². The van der Waals surface area contributed by atoms with E-state index in [9.17, 15) is 4.79 Å². The zero-order valence-corrected chi connectivity index (χ0v) is 9.67. The van der Waals surface area contributed by atoms with Gasteiger partial charge in [0.2, 0.25) is 0 Å². The number of hydrogen-bond acceptors (Lipinski definition) is 2. The molecule has 14 heavy (non-hydrogen) atoms. The van der Waals surface area contributed by atoms with Crippen molar-refractivity contribution in [2.75, 3.05) is 7.11 Å². The minimum atomic E-state index is 0.0388. The minimum absolute atomic E-state index is 0.0388. The molecule has 0 radical (unpaired) electrons. The standard InChI is InChI=1S/C11H11BrO2/c1-8(13)3-4-9-5-6-11(14-2)10(12)7-9/h3-7H,1-2H3/b4-3+. The molecule has 1 aromatic carbocycles. The summed E-state index contributed by atoms with van der Waals surface area (Å²) in [5.74, 6) is 0.821. The lowest BCUT2D eigenvalue weighted by molar-refractivity contribution is -0.112. The highest BCUT2D eigenvalue weighted by atomic mass is 79.9. The summed E-state index contributed by atoms with van der Waals surface area (Å²) in [7, 11) is 1.62. The van der Waals surface area contributed by atoms with E-state index in [0.29, 0.717) is 0 Å². The van der Waals surface area contributed by atoms with Crippen LogP contribution in [0.5, 0.6) is 5.75 Å². The molecule has 0 aliphatic carbocycles. The Hall–Kier alpha value is -1.09. The Morgan fingerprint density at radius 1 is 1.50 bits per heavy atom. The van der Waals surface area contributed by atoms with Gasteiger partial charge in [-0.15, -0.1) is 0 Å². The smallest absolute Gasteiger partial charge is 0.152 e. The number of methoxy groups -OCH3 is 1. The van der Waals surface area contributed by atoms with E-state index in [1.165, 1.54) is 13.0 Å². The molecule has 0 spiro atoms. The topological polar surface area (TPSA) is 26.3 Å². The SMILES string of the molecule is COc1ccc(/C=C/C(C)=O)cc1Br. The number of allylic oxidation sites excluding steroid dienone is 1. The van der Waals surface area contributed by atoms with Crippen LogP contribution in [0.15, 0.2) is 28.7 Å². The maximum absolute atomic E-state index is 10.7. The predicted molar refractivity (Wildman–Crippen MR) is 60.4 cm³/mol. The number of ether oxygens (including phenoxy) is 1. The van der Waals surface area contributed by atoms with Crippen molar-refractivity contribution in [3.05, 3.63) is 34.3 Å². The van der Waals surface area contributed by atoms with Crippen molar-refractivity contribution in [2.24, 2.45) is 0 Å². The number of ketones is 1. The molecule has 0 heterocycles. The van der Waals surface area contributed by atoms with Crippen LogP contribution < -0.4 is 4.74 Å². The van der Waals surface area contributed by atoms with Gasteiger partial charge in [0.25, 0.3) is 0 Å². The molecule has 0 aliphatic rings. The van der Waals surface area contributed by atoms with Crippen LogP contribution in [-0.4, -0.2) is 12.9 Å². The normalized spacial score (nSPS) is 10.5. The van der Waals surface area contributed by atoms with E-state index < -0.39 is 0 Å². The summed E-state index contributed by atoms with van der Waals surface area (Å²) >= 11 is 3.37. The van der Waals surface area contributed by atoms with Gasteiger partial charge in [0.1, 0.15) is 5.75 Å². The third kappa shape index (κ3) is 3.00. The molecule has 0 atom stereocenters. The molecule has 0 unspecified atom stereocenters. The second-order valence-electron chi connectivity index (χ2n) is 2.84. The van der Waals surface area contributed by atoms with Crippen molar-refractivity contribution < 1.29 is 9.53 Å². The Balaban J connectivity index is 2.91. The quantitative estimate of drug-likeness (QED) is 0.776. The Morgan fingerprint density at radius 2 is 2.21 bits per heavy atom. The molecular formula is C11H11BrO2. The van der Waals surface area contributed by atoms with Crippen molar-refractivity contribution >= 4 is 27.8 Å². The molecule has 1 aromatic rings. The Labute approximate surface area is 91.7 Å². The van der Waals surface area contributed by atoms with E-state index in [1.807, 2.05) is 18.2 Å². The molecule has 74 valence electrons. The van der Waals surface area contributed by atoms with Crippen LogP contribution in [0.25, 0.3) is 6.08 Å². The first-order chi connectivity index (χ1) is 6.63. The summed E-state index contributed by atoms with van der Waals surface area (Å²) < 4.78 is 5.97. The zero-order chi connectivity index (χ0) is 10.6. The first kappa shape index (κ1) is 11.0. The number of carbonyl (C=O) groups excluding carboxylic acids is 1. The fraction of sp³-hybridized carbons (Fsp3) is 0.182. The molecular weight excluding hydrogens is 244 g/mol. The molecule has 0 aliphatic heterocycles. The predicted octanol–water partition coefficient (Wildman–Crippen LogP) is 3.06. The number of benzene rings is 1. The average Bonchev–Trinajstić information content (AvgIpc) is 2.15. The Morgan fingerprint density at radius 3 is 2.71 bits per heavy atom. The summed E-state index contributed by atoms with van der Waals surface area (Å²) in [5.41, 5.74) is 0.966. The van der Waals surface area contributed by atoms with Gasteiger partial charge in [0.05, 0.1) is 11.6 Å². The maximum atomic E-state index is 10.7. The van der Waals surface area contributed by atoms with E-state index in [2.05, 4.69) is 15.9 Å². The second-order valence-corrected chi connectivity index (χ2v) is 3.69. The van der Waals surface area contributed by atoms with Crippen molar-refractivity contribution in [3.8, 4) is 5.75 Å². The number of hydrogen-bond donors (Lipinski definition) is 0. The molecule has 0 amide bonds. The first-order valence-corrected chi connectivity index (χ1v) is 4.95. The first-order valence-electron chi connectivity index (χ1n) is 4.15. The monoisotopic (exact) mass is 254 g/mol. The van der Waals surface area contributed by atoms with Crippen LogP contribution >= 0.6 is 15.9 Å². The lowest BCUT2D eigenvalue weighted by Gasteiger charge is -2.02. The molecule has 0 aromatic heterocycles. The van der Waals surface area contributed by atoms with Crippen LogP contribution in [0.1, 0.15) is 12.5 Å². The van der Waals surface area contributed by atoms with Crippen LogP contribution in [0.2, 0.25) is 0 Å². The highest BCUT2D eigenvalue weighted by Gasteiger charge is 1.98. The van der Waals surface area contributed by atoms with Crippen LogP contribution in [0.3, 0.4) is 0 Å². The number of carbonyl (C=O) groups is 1. The van der Waals surface area contributed by atoms with Gasteiger partial charge in [-0.3, -0.25) is 4.79 Å². The van der Waals surface area contributed by atoms with Gasteiger partial charge in [-0.2, -0.15) is 0 Å². The molecule has 0 N–H and O–H groups in total. The van der Waals surface area contributed by atoms with Gasteiger partial charge in [-0.25, -0.2) is 0 Å². The molecule has 0 bridgehead atoms. The number of halogens is 1.